The molecule has 0 amide bonds. The van der Waals surface area contributed by atoms with E-state index in [0.717, 1.165) is 11.1 Å². The lowest BCUT2D eigenvalue weighted by Crippen LogP contribution is -1.99. The van der Waals surface area contributed by atoms with Crippen molar-refractivity contribution >= 4 is 28.9 Å². The van der Waals surface area contributed by atoms with Gasteiger partial charge in [-0.3, -0.25) is 14.8 Å². The average molecular weight is 416 g/mol. The van der Waals surface area contributed by atoms with Crippen LogP contribution in [0.4, 0.5) is 5.69 Å². The van der Waals surface area contributed by atoms with Gasteiger partial charge in [0.2, 0.25) is 5.82 Å². The lowest BCUT2D eigenvalue weighted by Gasteiger charge is -2.02. The first-order chi connectivity index (χ1) is 13.5. The second-order valence-electron chi connectivity index (χ2n) is 5.90. The molecule has 0 saturated heterocycles. The van der Waals surface area contributed by atoms with E-state index in [9.17, 15) is 10.1 Å². The van der Waals surface area contributed by atoms with Crippen LogP contribution < -0.4 is 0 Å². The highest BCUT2D eigenvalue weighted by atomic mass is 35.5. The molecule has 0 saturated carbocycles. The van der Waals surface area contributed by atoms with E-state index < -0.39 is 4.92 Å². The Bertz CT molecular complexity index is 1150. The van der Waals surface area contributed by atoms with Gasteiger partial charge in [-0.2, -0.15) is 10.1 Å². The molecule has 0 radical (unpaired) electrons. The van der Waals surface area contributed by atoms with Crippen molar-refractivity contribution in [3.05, 3.63) is 80.6 Å². The van der Waals surface area contributed by atoms with E-state index in [1.165, 1.54) is 17.1 Å². The lowest BCUT2D eigenvalue weighted by molar-refractivity contribution is -0.385. The van der Waals surface area contributed by atoms with Crippen LogP contribution in [-0.2, 0) is 6.54 Å². The largest absolute Gasteiger partial charge is 0.334 e. The summed E-state index contributed by atoms with van der Waals surface area (Å²) >= 11 is 12.1. The highest BCUT2D eigenvalue weighted by Crippen LogP contribution is 2.30. The van der Waals surface area contributed by atoms with Crippen molar-refractivity contribution in [1.29, 1.82) is 0 Å². The maximum absolute atomic E-state index is 10.7. The second kappa shape index (κ2) is 7.41. The van der Waals surface area contributed by atoms with Gasteiger partial charge in [0.15, 0.2) is 0 Å². The van der Waals surface area contributed by atoms with E-state index in [-0.39, 0.29) is 5.69 Å². The molecule has 0 aliphatic carbocycles. The summed E-state index contributed by atoms with van der Waals surface area (Å²) in [4.78, 5) is 14.6. The zero-order chi connectivity index (χ0) is 19.7. The van der Waals surface area contributed by atoms with Crippen LogP contribution in [0.15, 0.2) is 59.4 Å². The van der Waals surface area contributed by atoms with Crippen molar-refractivity contribution in [3.8, 4) is 22.8 Å². The Balaban J connectivity index is 1.52. The molecule has 0 atom stereocenters. The van der Waals surface area contributed by atoms with Crippen molar-refractivity contribution in [3.63, 3.8) is 0 Å². The molecule has 0 fully saturated rings. The van der Waals surface area contributed by atoms with Crippen molar-refractivity contribution < 1.29 is 9.45 Å². The number of aromatic nitrogens is 4. The molecular formula is C18H11Cl2N5O3. The van der Waals surface area contributed by atoms with Crippen LogP contribution in [0.5, 0.6) is 0 Å². The van der Waals surface area contributed by atoms with Crippen LogP contribution in [0, 0.1) is 10.1 Å². The molecule has 0 bridgehead atoms. The number of halogens is 2. The molecule has 0 unspecified atom stereocenters. The van der Waals surface area contributed by atoms with Gasteiger partial charge in [-0.15, -0.1) is 0 Å². The fraction of sp³-hybridized carbons (Fsp3) is 0.0556. The van der Waals surface area contributed by atoms with Crippen molar-refractivity contribution in [2.45, 2.75) is 6.54 Å². The molecule has 4 aromatic rings. The fourth-order valence-corrected chi connectivity index (χ4v) is 3.09. The minimum Gasteiger partial charge on any atom is -0.334 e. The van der Waals surface area contributed by atoms with Gasteiger partial charge in [0.25, 0.3) is 5.89 Å². The van der Waals surface area contributed by atoms with Gasteiger partial charge >= 0.3 is 5.69 Å². The van der Waals surface area contributed by atoms with E-state index in [1.807, 2.05) is 24.3 Å². The van der Waals surface area contributed by atoms with Crippen LogP contribution >= 0.6 is 23.2 Å². The molecule has 140 valence electrons. The van der Waals surface area contributed by atoms with E-state index >= 15 is 0 Å². The van der Waals surface area contributed by atoms with Crippen LogP contribution in [0.25, 0.3) is 22.8 Å². The molecule has 2 aromatic heterocycles. The lowest BCUT2D eigenvalue weighted by atomic mass is 10.1. The van der Waals surface area contributed by atoms with Gasteiger partial charge in [-0.05, 0) is 35.9 Å². The summed E-state index contributed by atoms with van der Waals surface area (Å²) in [5, 5.41) is 19.6. The van der Waals surface area contributed by atoms with Crippen LogP contribution in [0.3, 0.4) is 0 Å². The normalized spacial score (nSPS) is 10.9. The van der Waals surface area contributed by atoms with Crippen LogP contribution in [0.1, 0.15) is 5.56 Å². The van der Waals surface area contributed by atoms with Crippen molar-refractivity contribution in [2.75, 3.05) is 0 Å². The van der Waals surface area contributed by atoms with E-state index in [2.05, 4.69) is 15.2 Å². The summed E-state index contributed by atoms with van der Waals surface area (Å²) in [5.74, 6) is 0.715. The Kier molecular flexibility index (Phi) is 4.81. The number of benzene rings is 2. The van der Waals surface area contributed by atoms with Gasteiger partial charge in [0.05, 0.1) is 16.5 Å². The molecule has 0 N–H and O–H groups in total. The first kappa shape index (κ1) is 18.1. The monoisotopic (exact) mass is 415 g/mol. The summed E-state index contributed by atoms with van der Waals surface area (Å²) < 4.78 is 6.83. The Morgan fingerprint density at radius 3 is 2.61 bits per heavy atom. The highest BCUT2D eigenvalue weighted by molar-refractivity contribution is 6.36. The summed E-state index contributed by atoms with van der Waals surface area (Å²) in [6, 6.07) is 12.4. The average Bonchev–Trinajstić information content (AvgIpc) is 3.32. The number of nitrogens with zero attached hydrogens (tertiary/aromatic N) is 5. The molecule has 4 rings (SSSR count). The molecule has 2 aromatic carbocycles. The van der Waals surface area contributed by atoms with Crippen LogP contribution in [0.2, 0.25) is 10.0 Å². The molecule has 10 heteroatoms. The minimum atomic E-state index is -0.479. The van der Waals surface area contributed by atoms with Crippen LogP contribution in [-0.4, -0.2) is 24.8 Å². The number of rotatable bonds is 5. The Morgan fingerprint density at radius 2 is 1.93 bits per heavy atom. The minimum absolute atomic E-state index is 0.0455. The first-order valence-corrected chi connectivity index (χ1v) is 8.80. The third kappa shape index (κ3) is 3.73. The highest BCUT2D eigenvalue weighted by Gasteiger charge is 2.14. The zero-order valence-electron chi connectivity index (χ0n) is 14.1. The SMILES string of the molecule is O=[N+]([O-])c1cnn(Cc2ccc(-c3nc(-c4ccc(Cl)cc4Cl)no3)cc2)c1. The Morgan fingerprint density at radius 1 is 1.14 bits per heavy atom. The third-order valence-corrected chi connectivity index (χ3v) is 4.52. The standard InChI is InChI=1S/C18H11Cl2N5O3/c19-13-5-6-15(16(20)7-13)17-22-18(28-23-17)12-3-1-11(2-4-12)9-24-10-14(8-21-24)25(26)27/h1-8,10H,9H2. The van der Waals surface area contributed by atoms with Gasteiger partial charge in [0.1, 0.15) is 12.4 Å². The maximum Gasteiger partial charge on any atom is 0.307 e. The molecule has 0 aliphatic heterocycles. The van der Waals surface area contributed by atoms with E-state index in [0.29, 0.717) is 33.9 Å². The summed E-state index contributed by atoms with van der Waals surface area (Å²) in [6.07, 6.45) is 2.60. The molecule has 8 nitrogen and oxygen atoms in total. The summed E-state index contributed by atoms with van der Waals surface area (Å²) in [6.45, 7) is 0.406. The molecule has 0 aliphatic rings. The third-order valence-electron chi connectivity index (χ3n) is 3.97. The number of hydrogen-bond acceptors (Lipinski definition) is 6. The molecule has 0 spiro atoms. The van der Waals surface area contributed by atoms with E-state index in [4.69, 9.17) is 27.7 Å². The quantitative estimate of drug-likeness (QED) is 0.340. The number of hydrogen-bond donors (Lipinski definition) is 0. The molecule has 28 heavy (non-hydrogen) atoms. The smallest absolute Gasteiger partial charge is 0.307 e. The molecule has 2 heterocycles. The first-order valence-electron chi connectivity index (χ1n) is 8.05. The van der Waals surface area contributed by atoms with Crippen molar-refractivity contribution in [2.24, 2.45) is 0 Å². The van der Waals surface area contributed by atoms with Gasteiger partial charge in [-0.1, -0.05) is 40.5 Å². The van der Waals surface area contributed by atoms with Gasteiger partial charge < -0.3 is 4.52 Å². The topological polar surface area (TPSA) is 99.9 Å². The predicted molar refractivity (Wildman–Crippen MR) is 103 cm³/mol. The maximum atomic E-state index is 10.7. The van der Waals surface area contributed by atoms with E-state index in [1.54, 1.807) is 18.2 Å². The summed E-state index contributed by atoms with van der Waals surface area (Å²) in [5.41, 5.74) is 2.23. The van der Waals surface area contributed by atoms with Gasteiger partial charge in [0, 0.05) is 16.1 Å². The predicted octanol–water partition coefficient (Wildman–Crippen LogP) is 4.86. The Labute approximate surface area is 168 Å². The number of nitro groups is 1. The summed E-state index contributed by atoms with van der Waals surface area (Å²) in [7, 11) is 0. The molecular weight excluding hydrogens is 405 g/mol. The van der Waals surface area contributed by atoms with Crippen molar-refractivity contribution in [1.82, 2.24) is 19.9 Å². The fourth-order valence-electron chi connectivity index (χ4n) is 2.59. The van der Waals surface area contributed by atoms with Gasteiger partial charge in [-0.25, -0.2) is 0 Å². The zero-order valence-corrected chi connectivity index (χ0v) is 15.6. The second-order valence-corrected chi connectivity index (χ2v) is 6.74. The Hall–Kier alpha value is -3.23.